The lowest BCUT2D eigenvalue weighted by atomic mass is 10.0. The minimum Gasteiger partial charge on any atom is -0.497 e. The van der Waals surface area contributed by atoms with Crippen LogP contribution in [0.1, 0.15) is 28.4 Å². The lowest BCUT2D eigenvalue weighted by Gasteiger charge is -2.18. The van der Waals surface area contributed by atoms with Crippen LogP contribution in [0.5, 0.6) is 11.5 Å². The summed E-state index contributed by atoms with van der Waals surface area (Å²) >= 11 is 0. The lowest BCUT2D eigenvalue weighted by molar-refractivity contribution is -0.137. The van der Waals surface area contributed by atoms with E-state index in [1.807, 2.05) is 0 Å². The number of ether oxygens (including phenoxy) is 2. The first-order valence-electron chi connectivity index (χ1n) is 7.34. The molecule has 24 heavy (non-hydrogen) atoms. The van der Waals surface area contributed by atoms with Crippen molar-refractivity contribution >= 4 is 11.9 Å². The zero-order chi connectivity index (χ0) is 17.5. The van der Waals surface area contributed by atoms with Gasteiger partial charge >= 0.3 is 5.97 Å². The Morgan fingerprint density at radius 1 is 0.958 bits per heavy atom. The van der Waals surface area contributed by atoms with Crippen molar-refractivity contribution in [1.82, 2.24) is 5.32 Å². The van der Waals surface area contributed by atoms with Crippen molar-refractivity contribution in [3.05, 3.63) is 59.7 Å². The Hall–Kier alpha value is -3.02. The maximum atomic E-state index is 12.4. The van der Waals surface area contributed by atoms with Gasteiger partial charge in [-0.1, -0.05) is 12.1 Å². The number of aliphatic carboxylic acids is 1. The highest BCUT2D eigenvalue weighted by Gasteiger charge is 2.19. The largest absolute Gasteiger partial charge is 0.497 e. The van der Waals surface area contributed by atoms with Crippen LogP contribution in [-0.2, 0) is 4.79 Å². The van der Waals surface area contributed by atoms with E-state index >= 15 is 0 Å². The van der Waals surface area contributed by atoms with E-state index in [1.165, 1.54) is 0 Å². The maximum absolute atomic E-state index is 12.4. The predicted molar refractivity (Wildman–Crippen MR) is 88.4 cm³/mol. The molecule has 0 radical (unpaired) electrons. The van der Waals surface area contributed by atoms with E-state index in [4.69, 9.17) is 14.6 Å². The molecule has 0 spiro atoms. The predicted octanol–water partition coefficient (Wildman–Crippen LogP) is 2.65. The zero-order valence-electron chi connectivity index (χ0n) is 13.5. The molecule has 0 unspecified atom stereocenters. The average Bonchev–Trinajstić information content (AvgIpc) is 2.61. The molecule has 0 saturated heterocycles. The fourth-order valence-electron chi connectivity index (χ4n) is 2.25. The highest BCUT2D eigenvalue weighted by Crippen LogP contribution is 2.21. The van der Waals surface area contributed by atoms with Crippen molar-refractivity contribution in [3.8, 4) is 11.5 Å². The number of rotatable bonds is 7. The van der Waals surface area contributed by atoms with E-state index in [-0.39, 0.29) is 12.3 Å². The van der Waals surface area contributed by atoms with Gasteiger partial charge < -0.3 is 19.9 Å². The molecule has 0 fully saturated rings. The van der Waals surface area contributed by atoms with Crippen LogP contribution in [0.15, 0.2) is 48.5 Å². The van der Waals surface area contributed by atoms with Crippen LogP contribution in [0.3, 0.4) is 0 Å². The minimum absolute atomic E-state index is 0.214. The quantitative estimate of drug-likeness (QED) is 0.816. The van der Waals surface area contributed by atoms with Gasteiger partial charge in [0.1, 0.15) is 11.5 Å². The summed E-state index contributed by atoms with van der Waals surface area (Å²) in [5.74, 6) is -0.0383. The third kappa shape index (κ3) is 4.49. The molecule has 2 aromatic carbocycles. The molecule has 0 aliphatic heterocycles. The molecule has 0 saturated carbocycles. The van der Waals surface area contributed by atoms with Gasteiger partial charge in [-0.3, -0.25) is 9.59 Å². The SMILES string of the molecule is COc1ccc(C(=O)N[C@@H](CC(=O)O)c2ccc(OC)cc2)cc1. The third-order valence-electron chi connectivity index (χ3n) is 3.55. The minimum atomic E-state index is -0.995. The lowest BCUT2D eigenvalue weighted by Crippen LogP contribution is -2.30. The first kappa shape index (κ1) is 17.3. The number of hydrogen-bond acceptors (Lipinski definition) is 4. The van der Waals surface area contributed by atoms with E-state index in [2.05, 4.69) is 5.32 Å². The van der Waals surface area contributed by atoms with Gasteiger partial charge in [-0.2, -0.15) is 0 Å². The summed E-state index contributed by atoms with van der Waals surface area (Å²) < 4.78 is 10.1. The van der Waals surface area contributed by atoms with Crippen molar-refractivity contribution in [3.63, 3.8) is 0 Å². The standard InChI is InChI=1S/C18H19NO5/c1-23-14-7-3-12(4-8-14)16(11-17(20)21)19-18(22)13-5-9-15(24-2)10-6-13/h3-10,16H,11H2,1-2H3,(H,19,22)(H,20,21)/t16-/m0/s1. The molecule has 0 bridgehead atoms. The Morgan fingerprint density at radius 3 is 1.92 bits per heavy atom. The Morgan fingerprint density at radius 2 is 1.46 bits per heavy atom. The van der Waals surface area contributed by atoms with E-state index in [0.717, 1.165) is 0 Å². The van der Waals surface area contributed by atoms with E-state index in [0.29, 0.717) is 22.6 Å². The van der Waals surface area contributed by atoms with Gasteiger partial charge in [0, 0.05) is 5.56 Å². The van der Waals surface area contributed by atoms with Crippen LogP contribution >= 0.6 is 0 Å². The molecule has 6 nitrogen and oxygen atoms in total. The number of carbonyl (C=O) groups is 2. The number of carbonyl (C=O) groups excluding carboxylic acids is 1. The highest BCUT2D eigenvalue weighted by molar-refractivity contribution is 5.94. The smallest absolute Gasteiger partial charge is 0.305 e. The molecule has 0 heterocycles. The van der Waals surface area contributed by atoms with Crippen LogP contribution in [0.25, 0.3) is 0 Å². The van der Waals surface area contributed by atoms with Crippen molar-refractivity contribution in [2.75, 3.05) is 14.2 Å². The maximum Gasteiger partial charge on any atom is 0.305 e. The van der Waals surface area contributed by atoms with Crippen molar-refractivity contribution < 1.29 is 24.2 Å². The number of hydrogen-bond donors (Lipinski definition) is 2. The van der Waals surface area contributed by atoms with Crippen LogP contribution < -0.4 is 14.8 Å². The van der Waals surface area contributed by atoms with Crippen LogP contribution in [0.2, 0.25) is 0 Å². The first-order chi connectivity index (χ1) is 11.5. The fourth-order valence-corrected chi connectivity index (χ4v) is 2.25. The topological polar surface area (TPSA) is 84.9 Å². The summed E-state index contributed by atoms with van der Waals surface area (Å²) in [6.07, 6.45) is -0.214. The van der Waals surface area contributed by atoms with Gasteiger partial charge in [-0.05, 0) is 42.0 Å². The summed E-state index contributed by atoms with van der Waals surface area (Å²) in [4.78, 5) is 23.5. The number of carboxylic acids is 1. The van der Waals surface area contributed by atoms with Gasteiger partial charge in [0.15, 0.2) is 0 Å². The number of nitrogens with one attached hydrogen (secondary N) is 1. The second-order valence-electron chi connectivity index (χ2n) is 5.13. The van der Waals surface area contributed by atoms with E-state index in [9.17, 15) is 9.59 Å². The Balaban J connectivity index is 2.17. The molecular weight excluding hydrogens is 310 g/mol. The van der Waals surface area contributed by atoms with Gasteiger partial charge in [0.25, 0.3) is 5.91 Å². The van der Waals surface area contributed by atoms with E-state index < -0.39 is 12.0 Å². The molecule has 2 aromatic rings. The summed E-state index contributed by atoms with van der Waals surface area (Å²) in [5.41, 5.74) is 1.12. The second kappa shape index (κ2) is 8.01. The number of methoxy groups -OCH3 is 2. The van der Waals surface area contributed by atoms with Crippen molar-refractivity contribution in [2.24, 2.45) is 0 Å². The Kier molecular flexibility index (Phi) is 5.78. The van der Waals surface area contributed by atoms with Gasteiger partial charge in [-0.25, -0.2) is 0 Å². The molecule has 2 rings (SSSR count). The first-order valence-corrected chi connectivity index (χ1v) is 7.34. The zero-order valence-corrected chi connectivity index (χ0v) is 13.5. The summed E-state index contributed by atoms with van der Waals surface area (Å²) in [5, 5.41) is 11.9. The molecule has 1 atom stereocenters. The second-order valence-corrected chi connectivity index (χ2v) is 5.13. The molecule has 0 aliphatic rings. The summed E-state index contributed by atoms with van der Waals surface area (Å²) in [7, 11) is 3.09. The average molecular weight is 329 g/mol. The monoisotopic (exact) mass is 329 g/mol. The number of benzene rings is 2. The number of carboxylic acid groups (broad SMARTS) is 1. The van der Waals surface area contributed by atoms with Gasteiger partial charge in [0.2, 0.25) is 0 Å². The molecule has 0 aliphatic carbocycles. The third-order valence-corrected chi connectivity index (χ3v) is 3.55. The molecule has 1 amide bonds. The van der Waals surface area contributed by atoms with Crippen LogP contribution in [-0.4, -0.2) is 31.2 Å². The molecule has 2 N–H and O–H groups in total. The van der Waals surface area contributed by atoms with Crippen molar-refractivity contribution in [2.45, 2.75) is 12.5 Å². The Labute approximate surface area is 140 Å². The highest BCUT2D eigenvalue weighted by atomic mass is 16.5. The van der Waals surface area contributed by atoms with Gasteiger partial charge in [0.05, 0.1) is 26.7 Å². The summed E-state index contributed by atoms with van der Waals surface area (Å²) in [6, 6.07) is 12.9. The van der Waals surface area contributed by atoms with Crippen LogP contribution in [0.4, 0.5) is 0 Å². The van der Waals surface area contributed by atoms with Crippen LogP contribution in [0, 0.1) is 0 Å². The molecular formula is C18H19NO5. The Bertz CT molecular complexity index is 694. The molecule has 126 valence electrons. The van der Waals surface area contributed by atoms with Crippen molar-refractivity contribution in [1.29, 1.82) is 0 Å². The fraction of sp³-hybridized carbons (Fsp3) is 0.222. The van der Waals surface area contributed by atoms with E-state index in [1.54, 1.807) is 62.8 Å². The summed E-state index contributed by atoms with van der Waals surface area (Å²) in [6.45, 7) is 0. The van der Waals surface area contributed by atoms with Gasteiger partial charge in [-0.15, -0.1) is 0 Å². The molecule has 0 aromatic heterocycles. The number of amides is 1. The molecule has 6 heteroatoms. The normalized spacial score (nSPS) is 11.4.